The molecule has 0 aromatic carbocycles. The van der Waals surface area contributed by atoms with Crippen molar-refractivity contribution in [2.45, 2.75) is 12.8 Å². The summed E-state index contributed by atoms with van der Waals surface area (Å²) in [6, 6.07) is 0. The minimum absolute atomic E-state index is 1.32. The third kappa shape index (κ3) is 4.90. The second-order valence-electron chi connectivity index (χ2n) is 2.42. The molecule has 0 spiro atoms. The van der Waals surface area contributed by atoms with Gasteiger partial charge in [-0.25, -0.2) is 0 Å². The van der Waals surface area contributed by atoms with Crippen molar-refractivity contribution in [1.29, 1.82) is 0 Å². The van der Waals surface area contributed by atoms with Crippen LogP contribution in [0.2, 0.25) is 0 Å². The molecule has 5 heteroatoms. The lowest BCUT2D eigenvalue weighted by Gasteiger charge is -2.39. The summed E-state index contributed by atoms with van der Waals surface area (Å²) in [5.74, 6) is 1.34. The third-order valence-corrected chi connectivity index (χ3v) is 6.32. The van der Waals surface area contributed by atoms with Crippen LogP contribution < -0.4 is 0 Å². The van der Waals surface area contributed by atoms with Crippen molar-refractivity contribution in [2.24, 2.45) is 0 Å². The lowest BCUT2D eigenvalue weighted by Crippen LogP contribution is -2.01. The van der Waals surface area contributed by atoms with Gasteiger partial charge in [0.1, 0.15) is 0 Å². The lowest BCUT2D eigenvalue weighted by molar-refractivity contribution is 0.880. The van der Waals surface area contributed by atoms with Crippen LogP contribution in [0.3, 0.4) is 0 Å². The van der Waals surface area contributed by atoms with E-state index in [9.17, 15) is 0 Å². The van der Waals surface area contributed by atoms with Crippen molar-refractivity contribution < 1.29 is 0 Å². The summed E-state index contributed by atoms with van der Waals surface area (Å²) >= 11 is 10.5. The molecule has 10 heavy (non-hydrogen) atoms. The van der Waals surface area contributed by atoms with E-state index in [2.05, 4.69) is 90.9 Å². The largest absolute Gasteiger partial charge is 0.113 e. The summed E-state index contributed by atoms with van der Waals surface area (Å²) in [5.41, 5.74) is 1.69. The van der Waals surface area contributed by atoms with Gasteiger partial charge in [0.05, 0.1) is 0 Å². The van der Waals surface area contributed by atoms with Crippen LogP contribution in [0.5, 0.6) is 0 Å². The molecule has 0 amide bonds. The minimum atomic E-state index is -1.33. The maximum atomic E-state index is 2.63. The van der Waals surface area contributed by atoms with Crippen molar-refractivity contribution in [3.8, 4) is 0 Å². The molecule has 0 saturated carbocycles. The predicted molar refractivity (Wildman–Crippen MR) is 87.3 cm³/mol. The number of rotatable bonds is 2. The molecule has 0 bridgehead atoms. The molecule has 0 heterocycles. The maximum absolute atomic E-state index is 2.63. The van der Waals surface area contributed by atoms with Crippen molar-refractivity contribution in [3.05, 3.63) is 11.6 Å². The Balaban J connectivity index is 2.52. The molecule has 1 rings (SSSR count). The summed E-state index contributed by atoms with van der Waals surface area (Å²) in [4.78, 5) is 0. The zero-order valence-electron chi connectivity index (χ0n) is 5.16. The second-order valence-corrected chi connectivity index (χ2v) is 63.2. The molecule has 0 aromatic heterocycles. The fourth-order valence-electron chi connectivity index (χ4n) is 0.799. The van der Waals surface area contributed by atoms with E-state index in [0.29, 0.717) is 0 Å². The maximum Gasteiger partial charge on any atom is 0.0142 e. The first-order chi connectivity index (χ1) is 4.33. The summed E-state index contributed by atoms with van der Waals surface area (Å²) in [6.07, 6.45) is 5.06. The van der Waals surface area contributed by atoms with E-state index in [4.69, 9.17) is 0 Å². The monoisotopic (exact) mass is 608 g/mol. The second kappa shape index (κ2) is 3.64. The molecule has 0 unspecified atom stereocenters. The van der Waals surface area contributed by atoms with Gasteiger partial charge in [-0.2, -0.15) is 0 Å². The van der Waals surface area contributed by atoms with Gasteiger partial charge in [0.2, 0.25) is 0 Å². The van der Waals surface area contributed by atoms with E-state index in [1.54, 1.807) is 5.57 Å². The average molecular weight is 608 g/mol. The minimum Gasteiger partial charge on any atom is -0.113 e. The molecule has 1 aliphatic carbocycles. The van der Waals surface area contributed by atoms with Crippen molar-refractivity contribution >= 4 is 82.7 Å². The predicted octanol–water partition coefficient (Wildman–Crippen LogP) is 5.18. The van der Waals surface area contributed by atoms with Crippen molar-refractivity contribution in [3.63, 3.8) is 0 Å². The van der Waals surface area contributed by atoms with Crippen LogP contribution in [0.15, 0.2) is 11.6 Å². The van der Waals surface area contributed by atoms with Gasteiger partial charge in [0.15, 0.2) is 0 Å². The highest BCUT2D eigenvalue weighted by molar-refractivity contribution is 14.6. The smallest absolute Gasteiger partial charge is 0.0142 e. The van der Waals surface area contributed by atoms with Gasteiger partial charge < -0.3 is 0 Å². The van der Waals surface area contributed by atoms with Crippen LogP contribution in [0.25, 0.3) is 0 Å². The molecular weight excluding hydrogens is 600 g/mol. The Morgan fingerprint density at radius 3 is 1.90 bits per heavy atom. The van der Waals surface area contributed by atoms with Gasteiger partial charge in [-0.05, 0) is 97.7 Å². The lowest BCUT2D eigenvalue weighted by atomic mass is 10.0. The summed E-state index contributed by atoms with van der Waals surface area (Å²) < 4.78 is -1.33. The van der Waals surface area contributed by atoms with Crippen LogP contribution in [-0.4, -0.2) is 5.75 Å². The molecule has 0 nitrogen and oxygen atoms in total. The molecular formula is C5H8I4S. The topological polar surface area (TPSA) is 0 Å². The Hall–Kier alpha value is 3.01. The molecule has 0 radical (unpaired) electrons. The molecule has 0 aromatic rings. The van der Waals surface area contributed by atoms with Crippen molar-refractivity contribution in [2.75, 3.05) is 5.75 Å². The van der Waals surface area contributed by atoms with Crippen LogP contribution in [0.1, 0.15) is 12.8 Å². The molecule has 0 aliphatic heterocycles. The molecule has 62 valence electrons. The normalized spacial score (nSPS) is 22.4. The highest BCUT2D eigenvalue weighted by Gasteiger charge is 2.29. The number of hydrogen-bond donors (Lipinski definition) is 1. The van der Waals surface area contributed by atoms with Crippen LogP contribution in [-0.2, 0) is 0 Å². The van der Waals surface area contributed by atoms with Crippen LogP contribution in [0.4, 0.5) is 0 Å². The summed E-state index contributed by atoms with van der Waals surface area (Å²) in [7, 11) is 0. The van der Waals surface area contributed by atoms with Gasteiger partial charge in [-0.1, -0.05) is 11.6 Å². The Morgan fingerprint density at radius 2 is 1.80 bits per heavy atom. The zero-order chi connectivity index (χ0) is 7.85. The molecule has 0 fully saturated rings. The van der Waals surface area contributed by atoms with Crippen molar-refractivity contribution in [1.82, 2.24) is 0 Å². The number of hydrogen-bond acceptors (Lipinski definition) is 0. The van der Waals surface area contributed by atoms with Crippen LogP contribution in [0, 0.1) is 0 Å². The van der Waals surface area contributed by atoms with Gasteiger partial charge in [0.25, 0.3) is 0 Å². The zero-order valence-corrected chi connectivity index (χ0v) is 14.7. The standard InChI is InChI=1S/C5H8I4S/c6-10(7,8,9)4-5-2-1-3-5/h2,10H,1,3-4H2. The van der Waals surface area contributed by atoms with Gasteiger partial charge >= 0.3 is 0 Å². The fraction of sp³-hybridized carbons (Fsp3) is 0.600. The first-order valence-electron chi connectivity index (χ1n) is 2.90. The fourth-order valence-corrected chi connectivity index (χ4v) is 6.96. The van der Waals surface area contributed by atoms with E-state index in [1.165, 1.54) is 18.6 Å². The van der Waals surface area contributed by atoms with Gasteiger partial charge in [0, 0.05) is 5.75 Å². The Morgan fingerprint density at radius 1 is 1.30 bits per heavy atom. The number of thiol groups is 1. The SMILES string of the molecule is I[SH](I)(I)(I)CC1=CCC1. The van der Waals surface area contributed by atoms with E-state index >= 15 is 0 Å². The molecule has 0 N–H and O–H groups in total. The number of allylic oxidation sites excluding steroid dienone is 1. The molecule has 0 atom stereocenters. The van der Waals surface area contributed by atoms with E-state index in [1.807, 2.05) is 0 Å². The number of halogens is 4. The quantitative estimate of drug-likeness (QED) is 0.250. The first-order valence-corrected chi connectivity index (χ1v) is 16.5. The Labute approximate surface area is 110 Å². The third-order valence-electron chi connectivity index (χ3n) is 1.34. The van der Waals surface area contributed by atoms with E-state index < -0.39 is -2.15 Å². The van der Waals surface area contributed by atoms with Gasteiger partial charge in [-0.15, -0.1) is -2.15 Å². The highest BCUT2D eigenvalue weighted by Crippen LogP contribution is 2.96. The molecule has 1 aliphatic rings. The molecule has 0 saturated heterocycles. The average Bonchev–Trinajstić information content (AvgIpc) is 1.50. The van der Waals surface area contributed by atoms with Gasteiger partial charge in [-0.3, -0.25) is 0 Å². The van der Waals surface area contributed by atoms with E-state index in [0.717, 1.165) is 0 Å². The Bertz CT molecular complexity index is 169. The Kier molecular flexibility index (Phi) is 4.03. The summed E-state index contributed by atoms with van der Waals surface area (Å²) in [6.45, 7) is 0. The van der Waals surface area contributed by atoms with E-state index in [-0.39, 0.29) is 0 Å². The first kappa shape index (κ1) is 11.1. The highest BCUT2D eigenvalue weighted by atomic mass is 127. The van der Waals surface area contributed by atoms with Crippen LogP contribution >= 0.6 is 82.7 Å². The summed E-state index contributed by atoms with van der Waals surface area (Å²) in [5, 5.41) is 0.